The molecule has 0 saturated heterocycles. The number of aromatic amines is 1. The topological polar surface area (TPSA) is 172 Å². The summed E-state index contributed by atoms with van der Waals surface area (Å²) in [5.74, 6) is -3.80. The number of aromatic nitrogens is 4. The molecule has 0 fully saturated rings. The fourth-order valence-corrected chi connectivity index (χ4v) is 3.63. The molecule has 3 heterocycles. The highest BCUT2D eigenvalue weighted by molar-refractivity contribution is 5.98. The second kappa shape index (κ2) is 9.37. The summed E-state index contributed by atoms with van der Waals surface area (Å²) in [5, 5.41) is 18.1. The van der Waals surface area contributed by atoms with Crippen LogP contribution in [0, 0.1) is 5.82 Å². The molecule has 186 valence electrons. The van der Waals surface area contributed by atoms with E-state index >= 15 is 0 Å². The number of aromatic carboxylic acids is 1. The Balaban J connectivity index is 1.34. The Kier molecular flexibility index (Phi) is 5.93. The van der Waals surface area contributed by atoms with Crippen molar-refractivity contribution >= 4 is 34.5 Å². The first-order valence-corrected chi connectivity index (χ1v) is 10.8. The number of rotatable bonds is 7. The Labute approximate surface area is 205 Å². The lowest BCUT2D eigenvalue weighted by atomic mass is 10.1. The maximum atomic E-state index is 14.3. The van der Waals surface area contributed by atoms with Crippen molar-refractivity contribution in [2.24, 2.45) is 0 Å². The molecule has 0 spiro atoms. The summed E-state index contributed by atoms with van der Waals surface area (Å²) in [6.07, 6.45) is 0.881. The van der Waals surface area contributed by atoms with Crippen LogP contribution in [0.25, 0.3) is 16.7 Å². The SMILES string of the molecule is O=C(O)c1ccc(CNC(=O)c2cc(C(=O)NCc3ccc4oc(=O)[nH]c4c3)nc3c(F)cnn23)cc1. The zero-order valence-electron chi connectivity index (χ0n) is 18.8. The van der Waals surface area contributed by atoms with Crippen molar-refractivity contribution in [3.8, 4) is 0 Å². The number of halogens is 1. The van der Waals surface area contributed by atoms with Crippen LogP contribution in [0.2, 0.25) is 0 Å². The van der Waals surface area contributed by atoms with Gasteiger partial charge < -0.3 is 20.2 Å². The van der Waals surface area contributed by atoms with Gasteiger partial charge in [-0.1, -0.05) is 18.2 Å². The van der Waals surface area contributed by atoms with Crippen LogP contribution < -0.4 is 16.4 Å². The van der Waals surface area contributed by atoms with Crippen molar-refractivity contribution in [2.75, 3.05) is 0 Å². The van der Waals surface area contributed by atoms with E-state index in [2.05, 4.69) is 25.7 Å². The lowest BCUT2D eigenvalue weighted by Gasteiger charge is -2.10. The van der Waals surface area contributed by atoms with Crippen LogP contribution in [-0.2, 0) is 13.1 Å². The molecule has 3 aromatic heterocycles. The Morgan fingerprint density at radius 3 is 2.46 bits per heavy atom. The number of carboxylic acid groups (broad SMARTS) is 1. The number of fused-ring (bicyclic) bond motifs is 2. The van der Waals surface area contributed by atoms with Crippen LogP contribution in [-0.4, -0.2) is 42.5 Å². The first kappa shape index (κ1) is 23.4. The number of benzene rings is 2. The van der Waals surface area contributed by atoms with E-state index in [1.54, 1.807) is 30.3 Å². The normalized spacial score (nSPS) is 11.1. The highest BCUT2D eigenvalue weighted by Gasteiger charge is 2.20. The molecule has 0 bridgehead atoms. The van der Waals surface area contributed by atoms with Crippen molar-refractivity contribution in [3.05, 3.63) is 99.2 Å². The molecule has 0 radical (unpaired) electrons. The molecule has 0 aliphatic rings. The van der Waals surface area contributed by atoms with Crippen LogP contribution in [0.15, 0.2) is 63.9 Å². The van der Waals surface area contributed by atoms with Gasteiger partial charge in [0, 0.05) is 19.2 Å². The Morgan fingerprint density at radius 2 is 1.70 bits per heavy atom. The Hall–Kier alpha value is -5.33. The predicted octanol–water partition coefficient (Wildman–Crippen LogP) is 1.86. The van der Waals surface area contributed by atoms with Gasteiger partial charge in [0.1, 0.15) is 11.4 Å². The molecule has 4 N–H and O–H groups in total. The van der Waals surface area contributed by atoms with Gasteiger partial charge >= 0.3 is 11.7 Å². The van der Waals surface area contributed by atoms with Crippen molar-refractivity contribution in [3.63, 3.8) is 0 Å². The highest BCUT2D eigenvalue weighted by Crippen LogP contribution is 2.14. The fourth-order valence-electron chi connectivity index (χ4n) is 3.63. The molecule has 0 aliphatic heterocycles. The minimum Gasteiger partial charge on any atom is -0.478 e. The average Bonchev–Trinajstić information content (AvgIpc) is 3.46. The number of carbonyl (C=O) groups is 3. The first-order chi connectivity index (χ1) is 17.8. The van der Waals surface area contributed by atoms with E-state index in [0.717, 1.165) is 10.7 Å². The molecular formula is C24H17FN6O6. The Bertz CT molecular complexity index is 1740. The van der Waals surface area contributed by atoms with E-state index in [1.807, 2.05) is 0 Å². The molecular weight excluding hydrogens is 487 g/mol. The molecule has 5 rings (SSSR count). The highest BCUT2D eigenvalue weighted by atomic mass is 19.1. The lowest BCUT2D eigenvalue weighted by molar-refractivity contribution is 0.0696. The van der Waals surface area contributed by atoms with Crippen molar-refractivity contribution in [1.29, 1.82) is 0 Å². The lowest BCUT2D eigenvalue weighted by Crippen LogP contribution is -2.28. The number of oxazole rings is 1. The molecule has 0 aliphatic carbocycles. The molecule has 0 unspecified atom stereocenters. The molecule has 2 amide bonds. The zero-order valence-corrected chi connectivity index (χ0v) is 18.8. The molecule has 37 heavy (non-hydrogen) atoms. The number of carboxylic acids is 1. The minimum atomic E-state index is -1.07. The van der Waals surface area contributed by atoms with Gasteiger partial charge in [-0.15, -0.1) is 0 Å². The van der Waals surface area contributed by atoms with Gasteiger partial charge in [0.25, 0.3) is 11.8 Å². The van der Waals surface area contributed by atoms with E-state index in [-0.39, 0.29) is 35.7 Å². The third-order valence-corrected chi connectivity index (χ3v) is 5.48. The Morgan fingerprint density at radius 1 is 1.00 bits per heavy atom. The second-order valence-electron chi connectivity index (χ2n) is 7.97. The van der Waals surface area contributed by atoms with Gasteiger partial charge in [-0.05, 0) is 35.4 Å². The zero-order chi connectivity index (χ0) is 26.1. The molecule has 0 atom stereocenters. The maximum absolute atomic E-state index is 14.3. The number of H-pyrrole nitrogens is 1. The third-order valence-electron chi connectivity index (χ3n) is 5.48. The van der Waals surface area contributed by atoms with Crippen LogP contribution in [0.5, 0.6) is 0 Å². The van der Waals surface area contributed by atoms with Gasteiger partial charge in [0.05, 0.1) is 17.3 Å². The summed E-state index contributed by atoms with van der Waals surface area (Å²) in [4.78, 5) is 54.6. The summed E-state index contributed by atoms with van der Waals surface area (Å²) in [5.41, 5.74) is 1.59. The maximum Gasteiger partial charge on any atom is 0.417 e. The van der Waals surface area contributed by atoms with Crippen molar-refractivity contribution in [1.82, 2.24) is 30.2 Å². The second-order valence-corrected chi connectivity index (χ2v) is 7.97. The van der Waals surface area contributed by atoms with Gasteiger partial charge in [-0.25, -0.2) is 23.5 Å². The molecule has 2 aromatic carbocycles. The number of hydrogen-bond donors (Lipinski definition) is 4. The predicted molar refractivity (Wildman–Crippen MR) is 126 cm³/mol. The third kappa shape index (κ3) is 4.77. The number of nitrogens with zero attached hydrogens (tertiary/aromatic N) is 3. The summed E-state index contributed by atoms with van der Waals surface area (Å²) in [7, 11) is 0. The molecule has 12 nitrogen and oxygen atoms in total. The molecule has 5 aromatic rings. The monoisotopic (exact) mass is 504 g/mol. The van der Waals surface area contributed by atoms with Gasteiger partial charge in [-0.2, -0.15) is 5.10 Å². The van der Waals surface area contributed by atoms with E-state index in [1.165, 1.54) is 18.2 Å². The quantitative estimate of drug-likeness (QED) is 0.260. The van der Waals surface area contributed by atoms with Crippen molar-refractivity contribution in [2.45, 2.75) is 13.1 Å². The van der Waals surface area contributed by atoms with Crippen LogP contribution in [0.4, 0.5) is 4.39 Å². The average molecular weight is 504 g/mol. The smallest absolute Gasteiger partial charge is 0.417 e. The summed E-state index contributed by atoms with van der Waals surface area (Å²) >= 11 is 0. The summed E-state index contributed by atoms with van der Waals surface area (Å²) in [6, 6.07) is 12.0. The van der Waals surface area contributed by atoms with Gasteiger partial charge in [0.2, 0.25) is 0 Å². The molecule has 0 saturated carbocycles. The first-order valence-electron chi connectivity index (χ1n) is 10.8. The van der Waals surface area contributed by atoms with E-state index in [4.69, 9.17) is 9.52 Å². The van der Waals surface area contributed by atoms with E-state index in [0.29, 0.717) is 22.2 Å². The van der Waals surface area contributed by atoms with Crippen LogP contribution in [0.3, 0.4) is 0 Å². The number of hydrogen-bond acceptors (Lipinski definition) is 7. The van der Waals surface area contributed by atoms with Gasteiger partial charge in [-0.3, -0.25) is 14.6 Å². The number of carbonyl (C=O) groups excluding carboxylic acids is 2. The van der Waals surface area contributed by atoms with E-state index in [9.17, 15) is 23.6 Å². The van der Waals surface area contributed by atoms with Crippen LogP contribution >= 0.6 is 0 Å². The fraction of sp³-hybridized carbons (Fsp3) is 0.0833. The standard InChI is InChI=1S/C24H17FN6O6/c25-15-11-28-31-18(22(33)27-9-12-1-4-14(5-2-12)23(34)35)8-17(29-20(15)31)21(32)26-10-13-3-6-19-16(7-13)30-24(36)37-19/h1-8,11H,9-10H2,(H,26,32)(H,27,33)(H,30,36)(H,34,35). The van der Waals surface area contributed by atoms with Crippen molar-refractivity contribution < 1.29 is 28.3 Å². The van der Waals surface area contributed by atoms with E-state index < -0.39 is 29.4 Å². The molecule has 13 heteroatoms. The summed E-state index contributed by atoms with van der Waals surface area (Å²) in [6.45, 7) is 0.108. The van der Waals surface area contributed by atoms with Gasteiger partial charge in [0.15, 0.2) is 17.0 Å². The number of nitrogens with one attached hydrogen (secondary N) is 3. The minimum absolute atomic E-state index is 0.0480. The number of amides is 2. The largest absolute Gasteiger partial charge is 0.478 e. The van der Waals surface area contributed by atoms with Crippen LogP contribution in [0.1, 0.15) is 42.5 Å². The summed E-state index contributed by atoms with van der Waals surface area (Å²) < 4.78 is 20.2.